The maximum Gasteiger partial charge on any atom is 0.338 e. The van der Waals surface area contributed by atoms with Gasteiger partial charge in [0.15, 0.2) is 4.80 Å². The van der Waals surface area contributed by atoms with Crippen molar-refractivity contribution in [2.45, 2.75) is 19.9 Å². The van der Waals surface area contributed by atoms with Gasteiger partial charge in [0.2, 0.25) is 0 Å². The fraction of sp³-hybridized carbons (Fsp3) is 0.238. The van der Waals surface area contributed by atoms with Gasteiger partial charge in [-0.25, -0.2) is 4.79 Å². The molecule has 0 unspecified atom stereocenters. The number of benzene rings is 2. The molecule has 1 amide bonds. The van der Waals surface area contributed by atoms with Crippen LogP contribution in [-0.4, -0.2) is 36.1 Å². The third kappa shape index (κ3) is 4.95. The molecule has 1 aromatic heterocycles. The number of carbonyl (C=O) groups excluding carboxylic acids is 3. The third-order valence-corrected chi connectivity index (χ3v) is 5.64. The van der Waals surface area contributed by atoms with Crippen molar-refractivity contribution >= 4 is 51.0 Å². The zero-order valence-corrected chi connectivity index (χ0v) is 18.0. The number of hydrogen-bond donors (Lipinski definition) is 0. The van der Waals surface area contributed by atoms with Gasteiger partial charge in [-0.1, -0.05) is 41.1 Å². The Balaban J connectivity index is 2.04. The zero-order chi connectivity index (χ0) is 21.7. The molecule has 0 aliphatic carbocycles. The number of esters is 2. The number of halogens is 1. The lowest BCUT2D eigenvalue weighted by molar-refractivity contribution is -0.141. The molecule has 1 heterocycles. The van der Waals surface area contributed by atoms with Crippen LogP contribution in [0.4, 0.5) is 0 Å². The van der Waals surface area contributed by atoms with E-state index in [0.29, 0.717) is 31.2 Å². The normalized spacial score (nSPS) is 11.5. The molecule has 3 aromatic rings. The number of fused-ring (bicyclic) bond motifs is 1. The van der Waals surface area contributed by atoms with Gasteiger partial charge >= 0.3 is 11.9 Å². The van der Waals surface area contributed by atoms with E-state index >= 15 is 0 Å². The van der Waals surface area contributed by atoms with Crippen LogP contribution in [0.15, 0.2) is 47.5 Å². The van der Waals surface area contributed by atoms with Gasteiger partial charge in [-0.05, 0) is 36.8 Å². The number of hydrogen-bond acceptors (Lipinski definition) is 6. The molecule has 2 aromatic carbocycles. The molecule has 0 atom stereocenters. The summed E-state index contributed by atoms with van der Waals surface area (Å²) in [5, 5.41) is 0.485. The first-order valence-electron chi connectivity index (χ1n) is 9.11. The zero-order valence-electron chi connectivity index (χ0n) is 16.4. The highest BCUT2D eigenvalue weighted by Gasteiger charge is 2.15. The summed E-state index contributed by atoms with van der Waals surface area (Å²) in [5.74, 6) is -1.33. The number of ether oxygens (including phenoxy) is 2. The van der Waals surface area contributed by atoms with Crippen LogP contribution < -0.4 is 4.80 Å². The first kappa shape index (κ1) is 21.7. The molecule has 0 radical (unpaired) electrons. The molecule has 156 valence electrons. The van der Waals surface area contributed by atoms with E-state index in [4.69, 9.17) is 21.1 Å². The van der Waals surface area contributed by atoms with E-state index in [9.17, 15) is 14.4 Å². The summed E-state index contributed by atoms with van der Waals surface area (Å²) in [7, 11) is 1.29. The van der Waals surface area contributed by atoms with Crippen LogP contribution in [0.2, 0.25) is 5.02 Å². The van der Waals surface area contributed by atoms with E-state index < -0.39 is 17.8 Å². The van der Waals surface area contributed by atoms with Crippen LogP contribution in [0.5, 0.6) is 0 Å². The van der Waals surface area contributed by atoms with E-state index in [1.54, 1.807) is 54.0 Å². The molecular weight excluding hydrogens is 428 g/mol. The van der Waals surface area contributed by atoms with Crippen molar-refractivity contribution in [2.24, 2.45) is 4.99 Å². The fourth-order valence-corrected chi connectivity index (χ4v) is 4.09. The minimum Gasteiger partial charge on any atom is -0.468 e. The lowest BCUT2D eigenvalue weighted by Gasteiger charge is -2.05. The summed E-state index contributed by atoms with van der Waals surface area (Å²) in [5.41, 5.74) is 1.70. The SMILES string of the molecule is CCOC(=O)c1ccc2c(c1)sc(=NC(=O)Cc1ccccc1Cl)n2CC(=O)OC. The Morgan fingerprint density at radius 2 is 1.93 bits per heavy atom. The van der Waals surface area contributed by atoms with Gasteiger partial charge in [0.1, 0.15) is 6.54 Å². The molecule has 3 rings (SSSR count). The number of methoxy groups -OCH3 is 1. The highest BCUT2D eigenvalue weighted by molar-refractivity contribution is 7.16. The minimum atomic E-state index is -0.482. The molecule has 0 fully saturated rings. The van der Waals surface area contributed by atoms with Crippen LogP contribution in [0.1, 0.15) is 22.8 Å². The van der Waals surface area contributed by atoms with Crippen LogP contribution in [0.3, 0.4) is 0 Å². The number of amides is 1. The standard InChI is InChI=1S/C21H19ClN2O5S/c1-3-29-20(27)14-8-9-16-17(10-14)30-21(24(16)12-19(26)28-2)23-18(25)11-13-6-4-5-7-15(13)22/h4-10H,3,11-12H2,1-2H3. The Bertz CT molecular complexity index is 1180. The van der Waals surface area contributed by atoms with Gasteiger partial charge in [0.05, 0.1) is 35.9 Å². The largest absolute Gasteiger partial charge is 0.468 e. The van der Waals surface area contributed by atoms with Crippen molar-refractivity contribution in [1.29, 1.82) is 0 Å². The predicted octanol–water partition coefficient (Wildman–Crippen LogP) is 3.38. The average molecular weight is 447 g/mol. The number of rotatable bonds is 6. The summed E-state index contributed by atoms with van der Waals surface area (Å²) >= 11 is 7.32. The predicted molar refractivity (Wildman–Crippen MR) is 114 cm³/mol. The lowest BCUT2D eigenvalue weighted by atomic mass is 10.1. The molecular formula is C21H19ClN2O5S. The molecule has 0 N–H and O–H groups in total. The third-order valence-electron chi connectivity index (χ3n) is 4.23. The Labute approximate surface area is 181 Å². The number of aromatic nitrogens is 1. The van der Waals surface area contributed by atoms with Crippen molar-refractivity contribution in [3.8, 4) is 0 Å². The Hall–Kier alpha value is -2.97. The molecule has 0 aliphatic rings. The highest BCUT2D eigenvalue weighted by atomic mass is 35.5. The summed E-state index contributed by atoms with van der Waals surface area (Å²) in [6, 6.07) is 12.0. The average Bonchev–Trinajstić information content (AvgIpc) is 3.05. The van der Waals surface area contributed by atoms with Crippen molar-refractivity contribution in [3.63, 3.8) is 0 Å². The van der Waals surface area contributed by atoms with Crippen LogP contribution in [-0.2, 0) is 32.0 Å². The Morgan fingerprint density at radius 1 is 1.17 bits per heavy atom. The maximum atomic E-state index is 12.6. The molecule has 0 bridgehead atoms. The van der Waals surface area contributed by atoms with Gasteiger partial charge in [-0.15, -0.1) is 0 Å². The number of nitrogens with zero attached hydrogens (tertiary/aromatic N) is 2. The molecule has 0 spiro atoms. The second kappa shape index (κ2) is 9.69. The molecule has 0 saturated carbocycles. The van der Waals surface area contributed by atoms with Crippen LogP contribution in [0.25, 0.3) is 10.2 Å². The van der Waals surface area contributed by atoms with Gasteiger partial charge < -0.3 is 14.0 Å². The minimum absolute atomic E-state index is 0.0280. The number of carbonyl (C=O) groups is 3. The number of thiazole rings is 1. The van der Waals surface area contributed by atoms with Gasteiger partial charge in [0.25, 0.3) is 5.91 Å². The van der Waals surface area contributed by atoms with E-state index in [1.165, 1.54) is 18.4 Å². The molecule has 30 heavy (non-hydrogen) atoms. The van der Waals surface area contributed by atoms with Crippen molar-refractivity contribution in [2.75, 3.05) is 13.7 Å². The van der Waals surface area contributed by atoms with Gasteiger partial charge in [-0.2, -0.15) is 4.99 Å². The first-order chi connectivity index (χ1) is 14.4. The topological polar surface area (TPSA) is 87.0 Å². The van der Waals surface area contributed by atoms with E-state index in [2.05, 4.69) is 4.99 Å². The molecule has 9 heteroatoms. The van der Waals surface area contributed by atoms with Gasteiger partial charge in [-0.3, -0.25) is 9.59 Å². The van der Waals surface area contributed by atoms with Gasteiger partial charge in [0, 0.05) is 5.02 Å². The summed E-state index contributed by atoms with van der Waals surface area (Å²) in [4.78, 5) is 41.0. The summed E-state index contributed by atoms with van der Waals surface area (Å²) in [6.45, 7) is 1.88. The smallest absolute Gasteiger partial charge is 0.338 e. The lowest BCUT2D eigenvalue weighted by Crippen LogP contribution is -2.22. The summed E-state index contributed by atoms with van der Waals surface area (Å²) in [6.07, 6.45) is 0.0280. The Morgan fingerprint density at radius 3 is 2.63 bits per heavy atom. The van der Waals surface area contributed by atoms with Crippen molar-refractivity contribution < 1.29 is 23.9 Å². The monoisotopic (exact) mass is 446 g/mol. The van der Waals surface area contributed by atoms with E-state index in [1.807, 2.05) is 0 Å². The second-order valence-corrected chi connectivity index (χ2v) is 7.64. The quantitative estimate of drug-likeness (QED) is 0.542. The Kier molecular flexibility index (Phi) is 7.02. The maximum absolute atomic E-state index is 12.6. The first-order valence-corrected chi connectivity index (χ1v) is 10.3. The molecule has 7 nitrogen and oxygen atoms in total. The fourth-order valence-electron chi connectivity index (χ4n) is 2.80. The van der Waals surface area contributed by atoms with Crippen LogP contribution in [0, 0.1) is 0 Å². The van der Waals surface area contributed by atoms with E-state index in [0.717, 1.165) is 0 Å². The van der Waals surface area contributed by atoms with Crippen LogP contribution >= 0.6 is 22.9 Å². The summed E-state index contributed by atoms with van der Waals surface area (Å²) < 4.78 is 12.1. The molecule has 0 saturated heterocycles. The van der Waals surface area contributed by atoms with E-state index in [-0.39, 0.29) is 19.6 Å². The molecule has 0 aliphatic heterocycles. The highest BCUT2D eigenvalue weighted by Crippen LogP contribution is 2.21. The van der Waals surface area contributed by atoms with Crippen molar-refractivity contribution in [3.05, 3.63) is 63.4 Å². The van der Waals surface area contributed by atoms with Crippen molar-refractivity contribution in [1.82, 2.24) is 4.57 Å². The second-order valence-electron chi connectivity index (χ2n) is 6.22.